The zero-order chi connectivity index (χ0) is 57.7. The van der Waals surface area contributed by atoms with Gasteiger partial charge in [-0.15, -0.1) is 0 Å². The number of benzene rings is 5. The van der Waals surface area contributed by atoms with Gasteiger partial charge >= 0.3 is 11.8 Å². The van der Waals surface area contributed by atoms with Gasteiger partial charge < -0.3 is 32.7 Å². The highest BCUT2D eigenvalue weighted by Gasteiger charge is 2.45. The molecule has 2 heterocycles. The van der Waals surface area contributed by atoms with Crippen molar-refractivity contribution in [3.8, 4) is 11.5 Å². The summed E-state index contributed by atoms with van der Waals surface area (Å²) in [5, 5.41) is 26.7. The predicted octanol–water partition coefficient (Wildman–Crippen LogP) is 11.8. The molecule has 1 N–H and O–H groups in total. The van der Waals surface area contributed by atoms with E-state index in [2.05, 4.69) is 15.0 Å². The van der Waals surface area contributed by atoms with E-state index in [0.717, 1.165) is 16.7 Å². The molecule has 1 fully saturated rings. The predicted molar refractivity (Wildman–Crippen MR) is 305 cm³/mol. The molecule has 0 aliphatic carbocycles. The second-order valence-electron chi connectivity index (χ2n) is 20.3. The van der Waals surface area contributed by atoms with Gasteiger partial charge in [0.25, 0.3) is 19.9 Å². The minimum atomic E-state index is -1.83. The number of anilines is 1. The van der Waals surface area contributed by atoms with Gasteiger partial charge in [0.15, 0.2) is 5.12 Å². The van der Waals surface area contributed by atoms with Crippen LogP contribution in [0.2, 0.25) is 0 Å². The molecule has 0 bridgehead atoms. The zero-order valence-corrected chi connectivity index (χ0v) is 47.8. The van der Waals surface area contributed by atoms with Crippen molar-refractivity contribution in [1.29, 1.82) is 0 Å². The minimum Gasteiger partial charge on any atom is -0.497 e. The number of nitrogens with zero attached hydrogens (tertiary/aromatic N) is 5. The number of nitro benzene ring substituents is 2. The molecule has 20 nitrogen and oxygen atoms in total. The average Bonchev–Trinajstić information content (AvgIpc) is 3.87. The second kappa shape index (κ2) is 27.4. The molecule has 5 aromatic carbocycles. The van der Waals surface area contributed by atoms with Gasteiger partial charge in [0.05, 0.1) is 49.3 Å². The van der Waals surface area contributed by atoms with Gasteiger partial charge in [-0.05, 0) is 74.7 Å². The van der Waals surface area contributed by atoms with E-state index >= 15 is 0 Å². The van der Waals surface area contributed by atoms with Gasteiger partial charge in [0.1, 0.15) is 41.9 Å². The maximum Gasteiger partial charge on any atom is 0.412 e. The molecular formula is C58H67N6O14PS. The number of carbonyl (C=O) groups excluding carboxylic acids is 2. The molecule has 6 aromatic rings. The van der Waals surface area contributed by atoms with Gasteiger partial charge in [-0.1, -0.05) is 124 Å². The lowest BCUT2D eigenvalue weighted by molar-refractivity contribution is -0.386. The third kappa shape index (κ3) is 14.6. The molecule has 22 heteroatoms. The van der Waals surface area contributed by atoms with E-state index in [1.54, 1.807) is 26.4 Å². The summed E-state index contributed by atoms with van der Waals surface area (Å²) in [7, 11) is 1.37. The van der Waals surface area contributed by atoms with E-state index in [1.807, 2.05) is 127 Å². The number of amides is 1. The number of carbonyl (C=O) groups is 2. The second-order valence-corrected chi connectivity index (χ2v) is 22.7. The molecular weight excluding hydrogens is 1070 g/mol. The molecule has 7 rings (SSSR count). The first kappa shape index (κ1) is 60.5. The standard InChI is InChI=1S/C58H67N6O14PS/c1-38(2)62(39(3)4)79(76-33-34-80-54(65)57(5,6)7)78-50-35-53(77-51(50)37-75-58(40-17-11-10-12-18-40,41-23-27-43(72-8)28-24-41)42-25-29-44(73-9)30-26-42)61-32-31-52(59-55(61)66)60-56(67)74-36-47(45-19-13-15-21-48(45)63(68)69)46-20-14-16-22-49(46)64(70)71/h10-32,38-39,47,50-51,53H,33-37H2,1-9H3,(H,59,60,66,67)/t50-,51+,53+,79?/m0/s1. The average molecular weight is 1140 g/mol. The van der Waals surface area contributed by atoms with Crippen LogP contribution in [0.15, 0.2) is 144 Å². The Morgan fingerprint density at radius 1 is 0.787 bits per heavy atom. The van der Waals surface area contributed by atoms with Crippen LogP contribution in [0.3, 0.4) is 0 Å². The summed E-state index contributed by atoms with van der Waals surface area (Å²) in [5.41, 5.74) is -0.705. The normalized spacial score (nSPS) is 16.0. The Bertz CT molecular complexity index is 3010. The summed E-state index contributed by atoms with van der Waals surface area (Å²) >= 11 is 1.20. The van der Waals surface area contributed by atoms with E-state index in [0.29, 0.717) is 17.3 Å². The number of hydrogen-bond acceptors (Lipinski definition) is 17. The molecule has 0 saturated carbocycles. The summed E-state index contributed by atoms with van der Waals surface area (Å²) in [6.45, 7) is 13.4. The summed E-state index contributed by atoms with van der Waals surface area (Å²) in [4.78, 5) is 67.6. The highest BCUT2D eigenvalue weighted by Crippen LogP contribution is 2.51. The van der Waals surface area contributed by atoms with Gasteiger partial charge in [-0.2, -0.15) is 4.98 Å². The van der Waals surface area contributed by atoms with E-state index < -0.39 is 72.1 Å². The molecule has 1 unspecified atom stereocenters. The maximum atomic E-state index is 14.1. The number of rotatable bonds is 25. The van der Waals surface area contributed by atoms with Gasteiger partial charge in [-0.25, -0.2) is 14.3 Å². The zero-order valence-electron chi connectivity index (χ0n) is 46.1. The third-order valence-electron chi connectivity index (χ3n) is 13.2. The van der Waals surface area contributed by atoms with E-state index in [9.17, 15) is 34.6 Å². The van der Waals surface area contributed by atoms with E-state index in [1.165, 1.54) is 65.0 Å². The van der Waals surface area contributed by atoms with Gasteiger partial charge in [0, 0.05) is 59.1 Å². The number of para-hydroxylation sites is 2. The monoisotopic (exact) mass is 1130 g/mol. The highest BCUT2D eigenvalue weighted by molar-refractivity contribution is 8.13. The number of nitro groups is 2. The number of thioether (sulfide) groups is 1. The highest BCUT2D eigenvalue weighted by atomic mass is 32.2. The molecule has 1 saturated heterocycles. The lowest BCUT2D eigenvalue weighted by Gasteiger charge is -2.39. The number of nitrogens with one attached hydrogen (secondary N) is 1. The van der Waals surface area contributed by atoms with Crippen molar-refractivity contribution in [1.82, 2.24) is 14.2 Å². The largest absolute Gasteiger partial charge is 0.497 e. The number of methoxy groups -OCH3 is 2. The fourth-order valence-corrected chi connectivity index (χ4v) is 12.0. The third-order valence-corrected chi connectivity index (χ3v) is 16.6. The van der Waals surface area contributed by atoms with Crippen molar-refractivity contribution < 1.29 is 52.2 Å². The lowest BCUT2D eigenvalue weighted by Crippen LogP contribution is -2.39. The summed E-state index contributed by atoms with van der Waals surface area (Å²) in [6, 6.07) is 37.7. The van der Waals surface area contributed by atoms with Crippen LogP contribution in [-0.4, -0.2) is 99.4 Å². The van der Waals surface area contributed by atoms with Crippen LogP contribution in [0.1, 0.15) is 94.9 Å². The fourth-order valence-electron chi connectivity index (χ4n) is 9.37. The van der Waals surface area contributed by atoms with E-state index in [4.69, 9.17) is 32.7 Å². The van der Waals surface area contributed by atoms with Crippen molar-refractivity contribution in [2.75, 3.05) is 45.1 Å². The molecule has 424 valence electrons. The van der Waals surface area contributed by atoms with E-state index in [-0.39, 0.29) is 65.2 Å². The van der Waals surface area contributed by atoms with Crippen LogP contribution in [0, 0.1) is 25.6 Å². The fraction of sp³-hybridized carbons (Fsp3) is 0.379. The van der Waals surface area contributed by atoms with Crippen LogP contribution in [0.5, 0.6) is 11.5 Å². The van der Waals surface area contributed by atoms with Crippen LogP contribution in [0.4, 0.5) is 22.0 Å². The summed E-state index contributed by atoms with van der Waals surface area (Å²) < 4.78 is 48.0. The summed E-state index contributed by atoms with van der Waals surface area (Å²) in [6.07, 6.45) is -2.13. The number of aromatic nitrogens is 2. The van der Waals surface area contributed by atoms with Gasteiger partial charge in [-0.3, -0.25) is 34.9 Å². The lowest BCUT2D eigenvalue weighted by atomic mass is 9.80. The van der Waals surface area contributed by atoms with Crippen LogP contribution < -0.4 is 20.5 Å². The Hall–Kier alpha value is -7.10. The molecule has 80 heavy (non-hydrogen) atoms. The first-order valence-electron chi connectivity index (χ1n) is 25.9. The Morgan fingerprint density at radius 2 is 1.31 bits per heavy atom. The Balaban J connectivity index is 1.21. The number of hydrogen-bond donors (Lipinski definition) is 1. The van der Waals surface area contributed by atoms with Crippen molar-refractivity contribution in [3.05, 3.63) is 198 Å². The Labute approximate surface area is 470 Å². The molecule has 1 aliphatic heterocycles. The number of ether oxygens (including phenoxy) is 5. The first-order chi connectivity index (χ1) is 38.2. The molecule has 4 atom stereocenters. The Kier molecular flexibility index (Phi) is 20.7. The maximum absolute atomic E-state index is 14.1. The smallest absolute Gasteiger partial charge is 0.412 e. The van der Waals surface area contributed by atoms with Crippen LogP contribution in [-0.2, 0) is 33.7 Å². The minimum absolute atomic E-state index is 0.0354. The quantitative estimate of drug-likeness (QED) is 0.0184. The van der Waals surface area contributed by atoms with Crippen LogP contribution >= 0.6 is 20.3 Å². The molecule has 1 amide bonds. The van der Waals surface area contributed by atoms with Crippen LogP contribution in [0.25, 0.3) is 0 Å². The first-order valence-corrected chi connectivity index (χ1v) is 28.1. The Morgan fingerprint density at radius 3 is 1.81 bits per heavy atom. The van der Waals surface area contributed by atoms with Gasteiger partial charge in [0.2, 0.25) is 0 Å². The molecule has 1 aromatic heterocycles. The van der Waals surface area contributed by atoms with Crippen molar-refractivity contribution >= 4 is 48.7 Å². The summed E-state index contributed by atoms with van der Waals surface area (Å²) in [5.74, 6) is 0.369. The van der Waals surface area contributed by atoms with Crippen molar-refractivity contribution in [2.24, 2.45) is 5.41 Å². The van der Waals surface area contributed by atoms with Crippen molar-refractivity contribution in [3.63, 3.8) is 0 Å². The molecule has 0 radical (unpaired) electrons. The molecule has 0 spiro atoms. The van der Waals surface area contributed by atoms with Crippen molar-refractivity contribution in [2.45, 2.75) is 96.9 Å². The SMILES string of the molecule is COc1ccc(C(OC[C@H]2O[C@@H](n3ccc(NC(=O)OCC(c4ccccc4[N+](=O)[O-])c4ccccc4[N+](=O)[O-])nc3=O)C[C@@H]2OP(OCCSC(=O)C(C)(C)C)N(C(C)C)C(C)C)(c2ccccc2)c2ccc(OC)cc2)cc1. The molecule has 1 aliphatic rings. The topological polar surface area (TPSA) is 235 Å².